The molecule has 23 heavy (non-hydrogen) atoms. The van der Waals surface area contributed by atoms with Crippen LogP contribution in [0.25, 0.3) is 0 Å². The summed E-state index contributed by atoms with van der Waals surface area (Å²) in [6.45, 7) is 1.89. The molecule has 1 aromatic heterocycles. The van der Waals surface area contributed by atoms with Crippen LogP contribution in [0, 0.1) is 6.92 Å². The molecule has 2 rings (SSSR count). The van der Waals surface area contributed by atoms with Crippen LogP contribution < -0.4 is 19.5 Å². The summed E-state index contributed by atoms with van der Waals surface area (Å²) < 4.78 is 15.8. The van der Waals surface area contributed by atoms with Crippen LogP contribution in [0.2, 0.25) is 0 Å². The standard InChI is InChI=1S/C17H20N2O4/c1-11-6-5-7-18-17(11)19-15(20)10-12-8-13(21-2)16(23-4)14(9-12)22-3/h5-9H,10H2,1-4H3,(H,18,19,20). The Bertz CT molecular complexity index is 676. The maximum Gasteiger partial charge on any atom is 0.229 e. The number of pyridine rings is 1. The normalized spacial score (nSPS) is 10.1. The van der Waals surface area contributed by atoms with Crippen LogP contribution in [0.3, 0.4) is 0 Å². The van der Waals surface area contributed by atoms with Crippen LogP contribution >= 0.6 is 0 Å². The third kappa shape index (κ3) is 3.91. The lowest BCUT2D eigenvalue weighted by molar-refractivity contribution is -0.115. The van der Waals surface area contributed by atoms with Gasteiger partial charge in [0.2, 0.25) is 11.7 Å². The molecule has 0 aliphatic heterocycles. The van der Waals surface area contributed by atoms with E-state index in [1.54, 1.807) is 32.5 Å². The monoisotopic (exact) mass is 316 g/mol. The van der Waals surface area contributed by atoms with Gasteiger partial charge in [0.15, 0.2) is 11.5 Å². The molecule has 0 aliphatic rings. The van der Waals surface area contributed by atoms with E-state index in [1.165, 1.54) is 7.11 Å². The second-order valence-corrected chi connectivity index (χ2v) is 4.93. The van der Waals surface area contributed by atoms with Crippen LogP contribution in [0.15, 0.2) is 30.5 Å². The summed E-state index contributed by atoms with van der Waals surface area (Å²) in [7, 11) is 4.62. The lowest BCUT2D eigenvalue weighted by atomic mass is 10.1. The maximum atomic E-state index is 12.2. The van der Waals surface area contributed by atoms with Gasteiger partial charge in [-0.15, -0.1) is 0 Å². The molecule has 1 heterocycles. The summed E-state index contributed by atoms with van der Waals surface area (Å²) in [4.78, 5) is 16.4. The Balaban J connectivity index is 2.19. The van der Waals surface area contributed by atoms with E-state index >= 15 is 0 Å². The number of aryl methyl sites for hydroxylation is 1. The van der Waals surface area contributed by atoms with E-state index in [0.717, 1.165) is 11.1 Å². The zero-order valence-corrected chi connectivity index (χ0v) is 13.7. The minimum atomic E-state index is -0.166. The maximum absolute atomic E-state index is 12.2. The van der Waals surface area contributed by atoms with Crippen LogP contribution in [0.5, 0.6) is 17.2 Å². The number of hydrogen-bond donors (Lipinski definition) is 1. The van der Waals surface area contributed by atoms with E-state index in [0.29, 0.717) is 23.1 Å². The van der Waals surface area contributed by atoms with Gasteiger partial charge in [0.1, 0.15) is 5.82 Å². The van der Waals surface area contributed by atoms with Gasteiger partial charge in [-0.25, -0.2) is 4.98 Å². The molecule has 2 aromatic rings. The number of nitrogens with zero attached hydrogens (tertiary/aromatic N) is 1. The lowest BCUT2D eigenvalue weighted by Crippen LogP contribution is -2.16. The lowest BCUT2D eigenvalue weighted by Gasteiger charge is -2.14. The number of anilines is 1. The third-order valence-electron chi connectivity index (χ3n) is 3.36. The van der Waals surface area contributed by atoms with Crippen LogP contribution in [0.4, 0.5) is 5.82 Å². The predicted molar refractivity (Wildman–Crippen MR) is 87.4 cm³/mol. The van der Waals surface area contributed by atoms with Crippen molar-refractivity contribution >= 4 is 11.7 Å². The van der Waals surface area contributed by atoms with Gasteiger partial charge < -0.3 is 19.5 Å². The number of hydrogen-bond acceptors (Lipinski definition) is 5. The molecule has 0 spiro atoms. The Kier molecular flexibility index (Phi) is 5.41. The molecular formula is C17H20N2O4. The fraction of sp³-hybridized carbons (Fsp3) is 0.294. The number of carbonyl (C=O) groups excluding carboxylic acids is 1. The fourth-order valence-electron chi connectivity index (χ4n) is 2.22. The number of benzene rings is 1. The molecule has 0 unspecified atom stereocenters. The second kappa shape index (κ2) is 7.49. The average Bonchev–Trinajstić information content (AvgIpc) is 2.55. The summed E-state index contributed by atoms with van der Waals surface area (Å²) in [5.41, 5.74) is 1.66. The van der Waals surface area contributed by atoms with Crippen molar-refractivity contribution in [1.82, 2.24) is 4.98 Å². The number of nitrogens with one attached hydrogen (secondary N) is 1. The summed E-state index contributed by atoms with van der Waals surface area (Å²) in [6.07, 6.45) is 1.81. The Morgan fingerprint density at radius 1 is 1.13 bits per heavy atom. The summed E-state index contributed by atoms with van der Waals surface area (Å²) in [5.74, 6) is 1.93. The van der Waals surface area contributed by atoms with Crippen molar-refractivity contribution in [3.63, 3.8) is 0 Å². The Morgan fingerprint density at radius 2 is 1.78 bits per heavy atom. The largest absolute Gasteiger partial charge is 0.493 e. The first-order chi connectivity index (χ1) is 11.1. The Labute approximate surface area is 135 Å². The molecule has 1 aromatic carbocycles. The van der Waals surface area contributed by atoms with Crippen molar-refractivity contribution < 1.29 is 19.0 Å². The number of methoxy groups -OCH3 is 3. The molecule has 1 amide bonds. The van der Waals surface area contributed by atoms with Crippen molar-refractivity contribution in [2.45, 2.75) is 13.3 Å². The van der Waals surface area contributed by atoms with Crippen LogP contribution in [-0.4, -0.2) is 32.2 Å². The minimum absolute atomic E-state index is 0.166. The second-order valence-electron chi connectivity index (χ2n) is 4.93. The third-order valence-corrected chi connectivity index (χ3v) is 3.36. The molecule has 6 heteroatoms. The molecule has 122 valence electrons. The highest BCUT2D eigenvalue weighted by atomic mass is 16.5. The van der Waals surface area contributed by atoms with Crippen molar-refractivity contribution in [3.05, 3.63) is 41.6 Å². The zero-order chi connectivity index (χ0) is 16.8. The van der Waals surface area contributed by atoms with E-state index in [1.807, 2.05) is 19.1 Å². The van der Waals surface area contributed by atoms with Gasteiger partial charge >= 0.3 is 0 Å². The van der Waals surface area contributed by atoms with Crippen molar-refractivity contribution in [2.24, 2.45) is 0 Å². The SMILES string of the molecule is COc1cc(CC(=O)Nc2ncccc2C)cc(OC)c1OC. The molecule has 0 saturated heterocycles. The topological polar surface area (TPSA) is 69.7 Å². The fourth-order valence-corrected chi connectivity index (χ4v) is 2.22. The summed E-state index contributed by atoms with van der Waals surface area (Å²) >= 11 is 0. The van der Waals surface area contributed by atoms with Crippen LogP contribution in [-0.2, 0) is 11.2 Å². The molecule has 0 bridgehead atoms. The smallest absolute Gasteiger partial charge is 0.229 e. The van der Waals surface area contributed by atoms with Crippen molar-refractivity contribution in [2.75, 3.05) is 26.6 Å². The Hall–Kier alpha value is -2.76. The Morgan fingerprint density at radius 3 is 2.30 bits per heavy atom. The molecule has 6 nitrogen and oxygen atoms in total. The molecular weight excluding hydrogens is 296 g/mol. The van der Waals surface area contributed by atoms with Gasteiger partial charge in [0.25, 0.3) is 0 Å². The first kappa shape index (κ1) is 16.6. The van der Waals surface area contributed by atoms with E-state index in [-0.39, 0.29) is 12.3 Å². The van der Waals surface area contributed by atoms with E-state index < -0.39 is 0 Å². The number of aromatic nitrogens is 1. The zero-order valence-electron chi connectivity index (χ0n) is 13.7. The first-order valence-electron chi connectivity index (χ1n) is 7.09. The van der Waals surface area contributed by atoms with E-state index in [9.17, 15) is 4.79 Å². The number of rotatable bonds is 6. The van der Waals surface area contributed by atoms with E-state index in [2.05, 4.69) is 10.3 Å². The molecule has 0 radical (unpaired) electrons. The van der Waals surface area contributed by atoms with Gasteiger partial charge in [-0.2, -0.15) is 0 Å². The molecule has 0 saturated carbocycles. The van der Waals surface area contributed by atoms with Gasteiger partial charge in [-0.1, -0.05) is 6.07 Å². The predicted octanol–water partition coefficient (Wildman–Crippen LogP) is 2.60. The molecule has 1 N–H and O–H groups in total. The summed E-state index contributed by atoms with van der Waals surface area (Å²) in [6, 6.07) is 7.23. The van der Waals surface area contributed by atoms with Gasteiger partial charge in [-0.3, -0.25) is 4.79 Å². The number of carbonyl (C=O) groups is 1. The molecule has 0 aliphatic carbocycles. The van der Waals surface area contributed by atoms with Gasteiger partial charge in [0.05, 0.1) is 27.8 Å². The van der Waals surface area contributed by atoms with Crippen molar-refractivity contribution in [3.8, 4) is 17.2 Å². The highest BCUT2D eigenvalue weighted by Crippen LogP contribution is 2.38. The van der Waals surface area contributed by atoms with Crippen LogP contribution in [0.1, 0.15) is 11.1 Å². The highest BCUT2D eigenvalue weighted by molar-refractivity contribution is 5.92. The van der Waals surface area contributed by atoms with Gasteiger partial charge in [0, 0.05) is 6.20 Å². The average molecular weight is 316 g/mol. The molecule has 0 atom stereocenters. The number of amides is 1. The molecule has 0 fully saturated rings. The quantitative estimate of drug-likeness (QED) is 0.887. The first-order valence-corrected chi connectivity index (χ1v) is 7.09. The number of ether oxygens (including phenoxy) is 3. The van der Waals surface area contributed by atoms with Gasteiger partial charge in [-0.05, 0) is 36.2 Å². The van der Waals surface area contributed by atoms with Crippen molar-refractivity contribution in [1.29, 1.82) is 0 Å². The van der Waals surface area contributed by atoms with E-state index in [4.69, 9.17) is 14.2 Å². The summed E-state index contributed by atoms with van der Waals surface area (Å²) in [5, 5.41) is 2.80. The highest BCUT2D eigenvalue weighted by Gasteiger charge is 2.15. The minimum Gasteiger partial charge on any atom is -0.493 e.